The summed E-state index contributed by atoms with van der Waals surface area (Å²) in [6.07, 6.45) is 3.07. The Balaban J connectivity index is 2.27. The maximum Gasteiger partial charge on any atom is 0.358 e. The van der Waals surface area contributed by atoms with E-state index in [1.54, 1.807) is 6.20 Å². The molecule has 0 aliphatic heterocycles. The summed E-state index contributed by atoms with van der Waals surface area (Å²) in [6, 6.07) is 5.41. The predicted molar refractivity (Wildman–Crippen MR) is 55.0 cm³/mol. The minimum Gasteiger partial charge on any atom is -0.476 e. The maximum absolute atomic E-state index is 10.6. The molecule has 1 atom stereocenters. The Morgan fingerprint density at radius 2 is 2.31 bits per heavy atom. The number of pyridine rings is 1. The van der Waals surface area contributed by atoms with Gasteiger partial charge in [-0.15, -0.1) is 5.10 Å². The van der Waals surface area contributed by atoms with Gasteiger partial charge in [0.05, 0.1) is 17.9 Å². The first-order chi connectivity index (χ1) is 7.68. The molecule has 0 unspecified atom stereocenters. The average molecular weight is 218 g/mol. The lowest BCUT2D eigenvalue weighted by molar-refractivity contribution is 0.0690. The van der Waals surface area contributed by atoms with Crippen LogP contribution in [0.5, 0.6) is 0 Å². The molecule has 82 valence electrons. The van der Waals surface area contributed by atoms with Crippen LogP contribution in [0.3, 0.4) is 0 Å². The van der Waals surface area contributed by atoms with Gasteiger partial charge in [-0.25, -0.2) is 9.48 Å². The van der Waals surface area contributed by atoms with Crippen molar-refractivity contribution in [2.45, 2.75) is 13.0 Å². The van der Waals surface area contributed by atoms with Gasteiger partial charge in [-0.1, -0.05) is 11.3 Å². The van der Waals surface area contributed by atoms with Crippen molar-refractivity contribution in [2.24, 2.45) is 0 Å². The Labute approximate surface area is 91.6 Å². The Hall–Kier alpha value is -2.24. The second-order valence-corrected chi connectivity index (χ2v) is 3.32. The van der Waals surface area contributed by atoms with E-state index in [4.69, 9.17) is 5.11 Å². The molecule has 0 fully saturated rings. The van der Waals surface area contributed by atoms with E-state index in [1.165, 1.54) is 10.9 Å². The molecule has 2 heterocycles. The fourth-order valence-corrected chi connectivity index (χ4v) is 1.32. The lowest BCUT2D eigenvalue weighted by atomic mass is 10.2. The molecule has 0 saturated heterocycles. The molecular formula is C10H10N4O2. The summed E-state index contributed by atoms with van der Waals surface area (Å²) in [4.78, 5) is 14.8. The minimum atomic E-state index is -1.08. The van der Waals surface area contributed by atoms with Crippen molar-refractivity contribution in [1.29, 1.82) is 0 Å². The van der Waals surface area contributed by atoms with Crippen LogP contribution in [0.4, 0.5) is 0 Å². The van der Waals surface area contributed by atoms with Gasteiger partial charge < -0.3 is 5.11 Å². The smallest absolute Gasteiger partial charge is 0.358 e. The molecule has 6 heteroatoms. The van der Waals surface area contributed by atoms with E-state index < -0.39 is 5.97 Å². The van der Waals surface area contributed by atoms with Crippen molar-refractivity contribution in [1.82, 2.24) is 20.0 Å². The first kappa shape index (κ1) is 10.3. The number of aromatic carboxylic acids is 1. The van der Waals surface area contributed by atoms with E-state index in [1.807, 2.05) is 25.1 Å². The zero-order valence-electron chi connectivity index (χ0n) is 8.61. The third-order valence-electron chi connectivity index (χ3n) is 2.24. The quantitative estimate of drug-likeness (QED) is 0.830. The number of nitrogens with zero attached hydrogens (tertiary/aromatic N) is 4. The molecule has 0 aliphatic carbocycles. The van der Waals surface area contributed by atoms with Gasteiger partial charge in [0.2, 0.25) is 0 Å². The number of carboxylic acids is 1. The van der Waals surface area contributed by atoms with Crippen LogP contribution in [0.15, 0.2) is 30.6 Å². The first-order valence-corrected chi connectivity index (χ1v) is 4.74. The maximum atomic E-state index is 10.6. The molecule has 2 rings (SSSR count). The predicted octanol–water partition coefficient (Wildman–Crippen LogP) is 0.981. The standard InChI is InChI=1S/C10H10N4O2/c1-7(8-4-2-3-5-11-8)14-6-9(10(15)16)12-13-14/h2-7H,1H3,(H,15,16)/t7-/m0/s1. The average Bonchev–Trinajstić information content (AvgIpc) is 2.78. The monoisotopic (exact) mass is 218 g/mol. The van der Waals surface area contributed by atoms with Crippen LogP contribution in [0.1, 0.15) is 29.1 Å². The van der Waals surface area contributed by atoms with Gasteiger partial charge in [-0.05, 0) is 19.1 Å². The van der Waals surface area contributed by atoms with Crippen LogP contribution >= 0.6 is 0 Å². The Kier molecular flexibility index (Phi) is 2.63. The summed E-state index contributed by atoms with van der Waals surface area (Å²) in [5.41, 5.74) is 0.743. The molecule has 0 aromatic carbocycles. The van der Waals surface area contributed by atoms with Crippen LogP contribution < -0.4 is 0 Å². The van der Waals surface area contributed by atoms with Gasteiger partial charge in [0.25, 0.3) is 0 Å². The van der Waals surface area contributed by atoms with E-state index in [0.717, 1.165) is 5.69 Å². The molecule has 1 N–H and O–H groups in total. The van der Waals surface area contributed by atoms with E-state index >= 15 is 0 Å². The van der Waals surface area contributed by atoms with Crippen LogP contribution in [0.2, 0.25) is 0 Å². The molecule has 0 bridgehead atoms. The first-order valence-electron chi connectivity index (χ1n) is 4.74. The third kappa shape index (κ3) is 1.90. The van der Waals surface area contributed by atoms with E-state index in [9.17, 15) is 4.79 Å². The number of hydrogen-bond acceptors (Lipinski definition) is 4. The fraction of sp³-hybridized carbons (Fsp3) is 0.200. The van der Waals surface area contributed by atoms with Crippen LogP contribution in [-0.2, 0) is 0 Å². The normalized spacial score (nSPS) is 12.3. The summed E-state index contributed by atoms with van der Waals surface area (Å²) >= 11 is 0. The number of aromatic nitrogens is 4. The Morgan fingerprint density at radius 1 is 1.50 bits per heavy atom. The molecular weight excluding hydrogens is 208 g/mol. The second-order valence-electron chi connectivity index (χ2n) is 3.32. The molecule has 2 aromatic heterocycles. The van der Waals surface area contributed by atoms with Crippen molar-refractivity contribution in [3.05, 3.63) is 42.0 Å². The van der Waals surface area contributed by atoms with E-state index in [2.05, 4.69) is 15.3 Å². The topological polar surface area (TPSA) is 80.9 Å². The van der Waals surface area contributed by atoms with Gasteiger partial charge in [0, 0.05) is 6.20 Å². The number of carbonyl (C=O) groups is 1. The fourth-order valence-electron chi connectivity index (χ4n) is 1.32. The highest BCUT2D eigenvalue weighted by molar-refractivity contribution is 5.84. The highest BCUT2D eigenvalue weighted by Gasteiger charge is 2.14. The molecule has 0 amide bonds. The number of rotatable bonds is 3. The number of carboxylic acid groups (broad SMARTS) is 1. The van der Waals surface area contributed by atoms with Gasteiger partial charge in [0.1, 0.15) is 0 Å². The summed E-state index contributed by atoms with van der Waals surface area (Å²) in [5, 5.41) is 16.0. The minimum absolute atomic E-state index is 0.0669. The van der Waals surface area contributed by atoms with Gasteiger partial charge >= 0.3 is 5.97 Å². The van der Waals surface area contributed by atoms with Gasteiger partial charge in [-0.2, -0.15) is 0 Å². The lowest BCUT2D eigenvalue weighted by Gasteiger charge is -2.09. The molecule has 0 spiro atoms. The highest BCUT2D eigenvalue weighted by atomic mass is 16.4. The molecule has 0 radical (unpaired) electrons. The van der Waals surface area contributed by atoms with Crippen LogP contribution in [0, 0.1) is 0 Å². The van der Waals surface area contributed by atoms with Gasteiger partial charge in [0.15, 0.2) is 5.69 Å². The SMILES string of the molecule is C[C@@H](c1ccccn1)n1cc(C(=O)O)nn1. The lowest BCUT2D eigenvalue weighted by Crippen LogP contribution is -2.09. The number of hydrogen-bond donors (Lipinski definition) is 1. The van der Waals surface area contributed by atoms with Crippen molar-refractivity contribution in [3.63, 3.8) is 0 Å². The summed E-state index contributed by atoms with van der Waals surface area (Å²) in [6.45, 7) is 1.88. The molecule has 2 aromatic rings. The van der Waals surface area contributed by atoms with Crippen LogP contribution in [0.25, 0.3) is 0 Å². The Morgan fingerprint density at radius 3 is 2.88 bits per heavy atom. The van der Waals surface area contributed by atoms with Crippen molar-refractivity contribution >= 4 is 5.97 Å². The zero-order chi connectivity index (χ0) is 11.5. The van der Waals surface area contributed by atoms with Gasteiger partial charge in [-0.3, -0.25) is 4.98 Å². The molecule has 16 heavy (non-hydrogen) atoms. The third-order valence-corrected chi connectivity index (χ3v) is 2.24. The van der Waals surface area contributed by atoms with E-state index in [-0.39, 0.29) is 11.7 Å². The molecule has 6 nitrogen and oxygen atoms in total. The van der Waals surface area contributed by atoms with Crippen molar-refractivity contribution in [3.8, 4) is 0 Å². The zero-order valence-corrected chi connectivity index (χ0v) is 8.61. The largest absolute Gasteiger partial charge is 0.476 e. The highest BCUT2D eigenvalue weighted by Crippen LogP contribution is 2.13. The summed E-state index contributed by atoms with van der Waals surface area (Å²) in [7, 11) is 0. The molecule has 0 aliphatic rings. The van der Waals surface area contributed by atoms with Crippen LogP contribution in [-0.4, -0.2) is 31.1 Å². The second kappa shape index (κ2) is 4.09. The summed E-state index contributed by atoms with van der Waals surface area (Å²) < 4.78 is 1.48. The molecule has 0 saturated carbocycles. The van der Waals surface area contributed by atoms with Crippen molar-refractivity contribution in [2.75, 3.05) is 0 Å². The van der Waals surface area contributed by atoms with Crippen molar-refractivity contribution < 1.29 is 9.90 Å². The van der Waals surface area contributed by atoms with E-state index in [0.29, 0.717) is 0 Å². The summed E-state index contributed by atoms with van der Waals surface area (Å²) in [5.74, 6) is -1.08. The Bertz CT molecular complexity index is 495.